The van der Waals surface area contributed by atoms with Gasteiger partial charge in [-0.05, 0) is 31.0 Å². The molecule has 0 amide bonds. The van der Waals surface area contributed by atoms with Crippen LogP contribution in [0, 0.1) is 11.3 Å². The van der Waals surface area contributed by atoms with Crippen LogP contribution in [0.1, 0.15) is 18.9 Å². The van der Waals surface area contributed by atoms with E-state index in [0.717, 1.165) is 24.3 Å². The van der Waals surface area contributed by atoms with Crippen LogP contribution in [0.3, 0.4) is 0 Å². The first-order valence-corrected chi connectivity index (χ1v) is 7.96. The van der Waals surface area contributed by atoms with Crippen LogP contribution >= 0.6 is 0 Å². The van der Waals surface area contributed by atoms with Gasteiger partial charge in [-0.1, -0.05) is 12.1 Å². The Morgan fingerprint density at radius 2 is 2.11 bits per heavy atom. The highest BCUT2D eigenvalue weighted by atomic mass is 32.2. The van der Waals surface area contributed by atoms with E-state index in [1.807, 2.05) is 30.3 Å². The highest BCUT2D eigenvalue weighted by molar-refractivity contribution is 7.84. The third kappa shape index (κ3) is 6.94. The zero-order chi connectivity index (χ0) is 14.1. The third-order valence-electron chi connectivity index (χ3n) is 2.72. The number of nitriles is 1. The van der Waals surface area contributed by atoms with Gasteiger partial charge in [0.25, 0.3) is 0 Å². The van der Waals surface area contributed by atoms with Crippen molar-refractivity contribution in [2.45, 2.75) is 25.9 Å². The molecule has 0 aliphatic carbocycles. The van der Waals surface area contributed by atoms with E-state index in [1.54, 1.807) is 6.26 Å². The number of hydrogen-bond donors (Lipinski definition) is 1. The highest BCUT2D eigenvalue weighted by Crippen LogP contribution is 2.12. The van der Waals surface area contributed by atoms with Crippen LogP contribution in [-0.4, -0.2) is 28.9 Å². The summed E-state index contributed by atoms with van der Waals surface area (Å²) >= 11 is 0. The zero-order valence-electron chi connectivity index (χ0n) is 11.4. The van der Waals surface area contributed by atoms with E-state index in [1.165, 1.54) is 0 Å². The second-order valence-corrected chi connectivity index (χ2v) is 5.99. The molecule has 0 fully saturated rings. The molecule has 0 aliphatic heterocycles. The van der Waals surface area contributed by atoms with Gasteiger partial charge >= 0.3 is 0 Å². The molecule has 0 saturated heterocycles. The molecule has 5 heteroatoms. The average molecular weight is 280 g/mol. The summed E-state index contributed by atoms with van der Waals surface area (Å²) in [6.07, 6.45) is 2.64. The van der Waals surface area contributed by atoms with E-state index in [2.05, 4.69) is 12.2 Å². The predicted molar refractivity (Wildman–Crippen MR) is 77.4 cm³/mol. The summed E-state index contributed by atoms with van der Waals surface area (Å²) in [4.78, 5) is 0. The van der Waals surface area contributed by atoms with Gasteiger partial charge in [0.15, 0.2) is 6.61 Å². The fourth-order valence-corrected chi connectivity index (χ4v) is 2.24. The monoisotopic (exact) mass is 280 g/mol. The molecule has 2 unspecified atom stereocenters. The molecule has 19 heavy (non-hydrogen) atoms. The highest BCUT2D eigenvalue weighted by Gasteiger charge is 2.03. The maximum Gasteiger partial charge on any atom is 0.174 e. The Morgan fingerprint density at radius 3 is 2.68 bits per heavy atom. The van der Waals surface area contributed by atoms with Crippen LogP contribution in [-0.2, 0) is 17.3 Å². The van der Waals surface area contributed by atoms with Crippen molar-refractivity contribution in [2.75, 3.05) is 18.6 Å². The van der Waals surface area contributed by atoms with Gasteiger partial charge in [0.2, 0.25) is 0 Å². The van der Waals surface area contributed by atoms with E-state index in [-0.39, 0.29) is 6.61 Å². The lowest BCUT2D eigenvalue weighted by molar-refractivity contribution is 0.368. The van der Waals surface area contributed by atoms with Crippen LogP contribution in [0.15, 0.2) is 24.3 Å². The van der Waals surface area contributed by atoms with Gasteiger partial charge in [-0.15, -0.1) is 0 Å². The van der Waals surface area contributed by atoms with Gasteiger partial charge < -0.3 is 10.1 Å². The van der Waals surface area contributed by atoms with Crippen LogP contribution < -0.4 is 10.1 Å². The van der Waals surface area contributed by atoms with E-state index < -0.39 is 10.8 Å². The standard InChI is InChI=1S/C14H20N2O2S/c1-12(7-10-19(2)17)16-11-13-3-5-14(6-4-13)18-9-8-15/h3-6,12,16H,7,9-11H2,1-2H3. The lowest BCUT2D eigenvalue weighted by Gasteiger charge is -2.13. The average Bonchev–Trinajstić information content (AvgIpc) is 2.41. The number of nitrogens with one attached hydrogen (secondary N) is 1. The first-order valence-electron chi connectivity index (χ1n) is 6.24. The van der Waals surface area contributed by atoms with Crippen LogP contribution in [0.2, 0.25) is 0 Å². The van der Waals surface area contributed by atoms with Crippen LogP contribution in [0.25, 0.3) is 0 Å². The number of benzene rings is 1. The van der Waals surface area contributed by atoms with Gasteiger partial charge in [-0.2, -0.15) is 5.26 Å². The van der Waals surface area contributed by atoms with Crippen molar-refractivity contribution in [2.24, 2.45) is 0 Å². The largest absolute Gasteiger partial charge is 0.479 e. The number of nitrogens with zero attached hydrogens (tertiary/aromatic N) is 1. The van der Waals surface area contributed by atoms with Crippen molar-refractivity contribution < 1.29 is 8.95 Å². The van der Waals surface area contributed by atoms with Crippen molar-refractivity contribution in [3.63, 3.8) is 0 Å². The Bertz CT molecular complexity index is 440. The van der Waals surface area contributed by atoms with E-state index in [0.29, 0.717) is 11.8 Å². The molecule has 1 N–H and O–H groups in total. The molecule has 1 aromatic rings. The molecular weight excluding hydrogens is 260 g/mol. The zero-order valence-corrected chi connectivity index (χ0v) is 12.2. The maximum absolute atomic E-state index is 11.0. The molecule has 1 rings (SSSR count). The number of hydrogen-bond acceptors (Lipinski definition) is 4. The fourth-order valence-electron chi connectivity index (χ4n) is 1.56. The van der Waals surface area contributed by atoms with Gasteiger partial charge in [0.1, 0.15) is 11.8 Å². The molecule has 0 radical (unpaired) electrons. The van der Waals surface area contributed by atoms with Crippen molar-refractivity contribution in [3.05, 3.63) is 29.8 Å². The van der Waals surface area contributed by atoms with Gasteiger partial charge in [0.05, 0.1) is 0 Å². The Hall–Kier alpha value is -1.38. The van der Waals surface area contributed by atoms with Crippen molar-refractivity contribution in [1.82, 2.24) is 5.32 Å². The second-order valence-electron chi connectivity index (χ2n) is 4.44. The van der Waals surface area contributed by atoms with E-state index in [9.17, 15) is 4.21 Å². The molecule has 1 aromatic carbocycles. The fraction of sp³-hybridized carbons (Fsp3) is 0.500. The molecule has 104 valence electrons. The minimum atomic E-state index is -0.724. The number of rotatable bonds is 8. The first kappa shape index (κ1) is 15.7. The number of ether oxygens (including phenoxy) is 1. The smallest absolute Gasteiger partial charge is 0.174 e. The minimum absolute atomic E-state index is 0.0722. The maximum atomic E-state index is 11.0. The topological polar surface area (TPSA) is 62.1 Å². The van der Waals surface area contributed by atoms with Crippen molar-refractivity contribution in [3.8, 4) is 11.8 Å². The second kappa shape index (κ2) is 8.68. The van der Waals surface area contributed by atoms with Crippen LogP contribution in [0.5, 0.6) is 5.75 Å². The predicted octanol–water partition coefficient (Wildman–Crippen LogP) is 1.84. The first-order chi connectivity index (χ1) is 9.11. The molecule has 4 nitrogen and oxygen atoms in total. The summed E-state index contributed by atoms with van der Waals surface area (Å²) in [5, 5.41) is 11.8. The summed E-state index contributed by atoms with van der Waals surface area (Å²) in [7, 11) is -0.724. The van der Waals surface area contributed by atoms with Gasteiger partial charge in [-0.25, -0.2) is 0 Å². The summed E-state index contributed by atoms with van der Waals surface area (Å²) in [6.45, 7) is 2.94. The quantitative estimate of drug-likeness (QED) is 0.789. The lowest BCUT2D eigenvalue weighted by Crippen LogP contribution is -2.26. The van der Waals surface area contributed by atoms with Gasteiger partial charge in [0, 0.05) is 35.4 Å². The summed E-state index contributed by atoms with van der Waals surface area (Å²) in [6, 6.07) is 9.96. The van der Waals surface area contributed by atoms with Crippen LogP contribution in [0.4, 0.5) is 0 Å². The molecule has 0 heterocycles. The molecule has 2 atom stereocenters. The Balaban J connectivity index is 2.33. The SMILES string of the molecule is CC(CCS(C)=O)NCc1ccc(OCC#N)cc1. The third-order valence-corrected chi connectivity index (χ3v) is 3.53. The Kier molecular flexibility index (Phi) is 7.16. The van der Waals surface area contributed by atoms with E-state index >= 15 is 0 Å². The molecule has 0 aliphatic rings. The molecule has 0 bridgehead atoms. The molecular formula is C14H20N2O2S. The van der Waals surface area contributed by atoms with Crippen molar-refractivity contribution in [1.29, 1.82) is 5.26 Å². The summed E-state index contributed by atoms with van der Waals surface area (Å²) in [5.74, 6) is 1.44. The molecule has 0 spiro atoms. The normalized spacial score (nSPS) is 13.5. The van der Waals surface area contributed by atoms with E-state index in [4.69, 9.17) is 10.00 Å². The minimum Gasteiger partial charge on any atom is -0.479 e. The molecule has 0 saturated carbocycles. The Labute approximate surface area is 117 Å². The summed E-state index contributed by atoms with van der Waals surface area (Å²) in [5.41, 5.74) is 1.16. The Morgan fingerprint density at radius 1 is 1.42 bits per heavy atom. The lowest BCUT2D eigenvalue weighted by atomic mass is 10.2. The summed E-state index contributed by atoms with van der Waals surface area (Å²) < 4.78 is 16.2. The molecule has 0 aromatic heterocycles. The van der Waals surface area contributed by atoms with Crippen molar-refractivity contribution >= 4 is 10.8 Å². The van der Waals surface area contributed by atoms with Gasteiger partial charge in [-0.3, -0.25) is 4.21 Å².